The standard InChI is InChI=1S/C24H19BrN2O3/c1-15-6-8-19(26-23(28)17-4-3-5-18(25)12-17)13-22(15)27-11-10-16-7-9-20(30-2)14-21(16)24(27)29/h3-14H,1-2H3,(H,26,28). The number of anilines is 1. The number of amides is 1. The van der Waals surface area contributed by atoms with E-state index >= 15 is 0 Å². The Bertz CT molecular complexity index is 1330. The number of nitrogens with zero attached hydrogens (tertiary/aromatic N) is 1. The van der Waals surface area contributed by atoms with Crippen molar-refractivity contribution in [2.24, 2.45) is 0 Å². The Balaban J connectivity index is 1.74. The van der Waals surface area contributed by atoms with Crippen LogP contribution in [0.5, 0.6) is 5.75 Å². The molecule has 0 atom stereocenters. The van der Waals surface area contributed by atoms with Crippen molar-refractivity contribution in [3.8, 4) is 11.4 Å². The molecule has 0 aliphatic heterocycles. The summed E-state index contributed by atoms with van der Waals surface area (Å²) in [6, 6.07) is 20.0. The van der Waals surface area contributed by atoms with Gasteiger partial charge in [-0.05, 0) is 66.4 Å². The van der Waals surface area contributed by atoms with E-state index in [1.54, 1.807) is 42.1 Å². The van der Waals surface area contributed by atoms with Crippen LogP contribution in [0.1, 0.15) is 15.9 Å². The van der Waals surface area contributed by atoms with Gasteiger partial charge < -0.3 is 10.1 Å². The SMILES string of the molecule is COc1ccc2ccn(-c3cc(NC(=O)c4cccc(Br)c4)ccc3C)c(=O)c2c1. The first-order valence-electron chi connectivity index (χ1n) is 9.33. The number of fused-ring (bicyclic) bond motifs is 1. The fourth-order valence-electron chi connectivity index (χ4n) is 3.31. The second-order valence-electron chi connectivity index (χ2n) is 6.91. The first kappa shape index (κ1) is 19.9. The molecule has 1 amide bonds. The minimum absolute atomic E-state index is 0.148. The van der Waals surface area contributed by atoms with Crippen LogP contribution < -0.4 is 15.6 Å². The number of hydrogen-bond acceptors (Lipinski definition) is 3. The van der Waals surface area contributed by atoms with Crippen LogP contribution in [0.25, 0.3) is 16.5 Å². The normalized spacial score (nSPS) is 10.8. The van der Waals surface area contributed by atoms with Crippen LogP contribution in [0.15, 0.2) is 82.2 Å². The van der Waals surface area contributed by atoms with E-state index in [1.165, 1.54) is 0 Å². The van der Waals surface area contributed by atoms with E-state index in [4.69, 9.17) is 4.74 Å². The summed E-state index contributed by atoms with van der Waals surface area (Å²) in [5.41, 5.74) is 2.63. The Kier molecular flexibility index (Phi) is 5.42. The number of aryl methyl sites for hydroxylation is 1. The van der Waals surface area contributed by atoms with E-state index in [-0.39, 0.29) is 11.5 Å². The number of pyridine rings is 1. The first-order chi connectivity index (χ1) is 14.5. The molecule has 4 rings (SSSR count). The number of carbonyl (C=O) groups is 1. The number of nitrogens with one attached hydrogen (secondary N) is 1. The van der Waals surface area contributed by atoms with Gasteiger partial charge in [-0.25, -0.2) is 0 Å². The third kappa shape index (κ3) is 3.86. The van der Waals surface area contributed by atoms with Gasteiger partial charge in [0.15, 0.2) is 0 Å². The second-order valence-corrected chi connectivity index (χ2v) is 7.83. The van der Waals surface area contributed by atoms with Gasteiger partial charge in [-0.3, -0.25) is 14.2 Å². The lowest BCUT2D eigenvalue weighted by Crippen LogP contribution is -2.19. The van der Waals surface area contributed by atoms with Gasteiger partial charge in [0.05, 0.1) is 18.2 Å². The summed E-state index contributed by atoms with van der Waals surface area (Å²) < 4.78 is 7.68. The van der Waals surface area contributed by atoms with Crippen molar-refractivity contribution in [3.05, 3.63) is 98.9 Å². The number of aromatic nitrogens is 1. The molecule has 0 saturated heterocycles. The van der Waals surface area contributed by atoms with E-state index in [2.05, 4.69) is 21.2 Å². The maximum atomic E-state index is 13.2. The molecule has 30 heavy (non-hydrogen) atoms. The van der Waals surface area contributed by atoms with Crippen LogP contribution in [0.2, 0.25) is 0 Å². The lowest BCUT2D eigenvalue weighted by molar-refractivity contribution is 0.102. The van der Waals surface area contributed by atoms with E-state index in [0.717, 1.165) is 15.4 Å². The van der Waals surface area contributed by atoms with Gasteiger partial charge in [-0.1, -0.05) is 34.1 Å². The summed E-state index contributed by atoms with van der Waals surface area (Å²) in [7, 11) is 1.57. The van der Waals surface area contributed by atoms with E-state index in [9.17, 15) is 9.59 Å². The Morgan fingerprint density at radius 1 is 1.03 bits per heavy atom. The van der Waals surface area contributed by atoms with E-state index in [1.807, 2.05) is 49.4 Å². The van der Waals surface area contributed by atoms with E-state index in [0.29, 0.717) is 28.1 Å². The molecule has 0 saturated carbocycles. The third-order valence-electron chi connectivity index (χ3n) is 4.93. The highest BCUT2D eigenvalue weighted by molar-refractivity contribution is 9.10. The number of rotatable bonds is 4. The Labute approximate surface area is 182 Å². The summed E-state index contributed by atoms with van der Waals surface area (Å²) >= 11 is 3.38. The first-order valence-corrected chi connectivity index (χ1v) is 10.1. The van der Waals surface area contributed by atoms with Crippen LogP contribution >= 0.6 is 15.9 Å². The third-order valence-corrected chi connectivity index (χ3v) is 5.42. The molecule has 3 aromatic carbocycles. The number of ether oxygens (including phenoxy) is 1. The molecule has 1 heterocycles. The van der Waals surface area contributed by atoms with Gasteiger partial charge in [-0.2, -0.15) is 0 Å². The minimum Gasteiger partial charge on any atom is -0.497 e. The molecule has 6 heteroatoms. The topological polar surface area (TPSA) is 60.3 Å². The maximum absolute atomic E-state index is 13.2. The molecule has 0 spiro atoms. The maximum Gasteiger partial charge on any atom is 0.263 e. The molecule has 150 valence electrons. The zero-order chi connectivity index (χ0) is 21.3. The van der Waals surface area contributed by atoms with Crippen LogP contribution in [-0.4, -0.2) is 17.6 Å². The molecule has 4 aromatic rings. The molecule has 0 aliphatic carbocycles. The fourth-order valence-corrected chi connectivity index (χ4v) is 3.71. The molecule has 0 unspecified atom stereocenters. The van der Waals surface area contributed by atoms with Crippen LogP contribution in [-0.2, 0) is 0 Å². The lowest BCUT2D eigenvalue weighted by Gasteiger charge is -2.13. The van der Waals surface area contributed by atoms with Crippen molar-refractivity contribution in [3.63, 3.8) is 0 Å². The van der Waals surface area contributed by atoms with Crippen molar-refractivity contribution in [2.45, 2.75) is 6.92 Å². The van der Waals surface area contributed by atoms with Gasteiger partial charge in [-0.15, -0.1) is 0 Å². The zero-order valence-electron chi connectivity index (χ0n) is 16.5. The van der Waals surface area contributed by atoms with Crippen molar-refractivity contribution in [1.29, 1.82) is 0 Å². The van der Waals surface area contributed by atoms with Gasteiger partial charge in [0, 0.05) is 21.9 Å². The number of hydrogen-bond donors (Lipinski definition) is 1. The van der Waals surface area contributed by atoms with Crippen LogP contribution in [0.4, 0.5) is 5.69 Å². The summed E-state index contributed by atoms with van der Waals surface area (Å²) in [6.45, 7) is 1.93. The fraction of sp³-hybridized carbons (Fsp3) is 0.0833. The van der Waals surface area contributed by atoms with Crippen molar-refractivity contribution in [2.75, 3.05) is 12.4 Å². The van der Waals surface area contributed by atoms with Gasteiger partial charge >= 0.3 is 0 Å². The molecule has 1 N–H and O–H groups in total. The smallest absolute Gasteiger partial charge is 0.263 e. The zero-order valence-corrected chi connectivity index (χ0v) is 18.1. The largest absolute Gasteiger partial charge is 0.497 e. The van der Waals surface area contributed by atoms with Crippen molar-refractivity contribution >= 4 is 38.3 Å². The van der Waals surface area contributed by atoms with Gasteiger partial charge in [0.2, 0.25) is 0 Å². The number of benzene rings is 3. The number of halogens is 1. The molecular weight excluding hydrogens is 444 g/mol. The number of methoxy groups -OCH3 is 1. The van der Waals surface area contributed by atoms with Crippen LogP contribution in [0.3, 0.4) is 0 Å². The summed E-state index contributed by atoms with van der Waals surface area (Å²) in [6.07, 6.45) is 1.75. The van der Waals surface area contributed by atoms with Crippen molar-refractivity contribution < 1.29 is 9.53 Å². The minimum atomic E-state index is -0.221. The Hall–Kier alpha value is -3.38. The highest BCUT2D eigenvalue weighted by atomic mass is 79.9. The number of carbonyl (C=O) groups excluding carboxylic acids is 1. The highest BCUT2D eigenvalue weighted by Crippen LogP contribution is 2.22. The van der Waals surface area contributed by atoms with E-state index < -0.39 is 0 Å². The van der Waals surface area contributed by atoms with Crippen LogP contribution in [0, 0.1) is 6.92 Å². The predicted octanol–water partition coefficient (Wildman–Crippen LogP) is 5.32. The average molecular weight is 463 g/mol. The predicted molar refractivity (Wildman–Crippen MR) is 123 cm³/mol. The molecule has 0 radical (unpaired) electrons. The monoisotopic (exact) mass is 462 g/mol. The lowest BCUT2D eigenvalue weighted by atomic mass is 10.1. The highest BCUT2D eigenvalue weighted by Gasteiger charge is 2.11. The molecule has 0 bridgehead atoms. The van der Waals surface area contributed by atoms with Gasteiger partial charge in [0.25, 0.3) is 11.5 Å². The quantitative estimate of drug-likeness (QED) is 0.446. The second kappa shape index (κ2) is 8.16. The molecule has 1 aromatic heterocycles. The average Bonchev–Trinajstić information content (AvgIpc) is 2.75. The molecule has 0 fully saturated rings. The van der Waals surface area contributed by atoms with Crippen molar-refractivity contribution in [1.82, 2.24) is 4.57 Å². The molecular formula is C24H19BrN2O3. The Morgan fingerprint density at radius 3 is 2.63 bits per heavy atom. The Morgan fingerprint density at radius 2 is 1.87 bits per heavy atom. The molecule has 5 nitrogen and oxygen atoms in total. The molecule has 0 aliphatic rings. The summed E-state index contributed by atoms with van der Waals surface area (Å²) in [4.78, 5) is 25.8. The van der Waals surface area contributed by atoms with Gasteiger partial charge in [0.1, 0.15) is 5.75 Å². The summed E-state index contributed by atoms with van der Waals surface area (Å²) in [5, 5.41) is 4.31. The summed E-state index contributed by atoms with van der Waals surface area (Å²) in [5.74, 6) is 0.408.